The lowest BCUT2D eigenvalue weighted by Crippen LogP contribution is -2.32. The third-order valence-electron chi connectivity index (χ3n) is 3.46. The summed E-state index contributed by atoms with van der Waals surface area (Å²) in [5.41, 5.74) is 1.60. The number of aromatic nitrogens is 2. The molecule has 2 heterocycles. The number of hydrogen-bond donors (Lipinski definition) is 1. The Hall–Kier alpha value is -2.47. The fourth-order valence-electron chi connectivity index (χ4n) is 2.19. The number of nitrogens with zero attached hydrogens (tertiary/aromatic N) is 2. The molecule has 0 unspecified atom stereocenters. The summed E-state index contributed by atoms with van der Waals surface area (Å²) in [6.45, 7) is 2.47. The standard InChI is InChI=1S/C16H15N3O2S/c1-11-6-7-22-14(11)8-17-15(20)9-19-10-18-13-5-3-2-4-12(13)16(19)21/h2-7,10H,8-9H2,1H3,(H,17,20). The van der Waals surface area contributed by atoms with Gasteiger partial charge in [-0.2, -0.15) is 0 Å². The molecule has 0 atom stereocenters. The predicted molar refractivity (Wildman–Crippen MR) is 86.9 cm³/mol. The van der Waals surface area contributed by atoms with Gasteiger partial charge in [-0.25, -0.2) is 4.98 Å². The van der Waals surface area contributed by atoms with Gasteiger partial charge in [0.25, 0.3) is 5.56 Å². The Morgan fingerprint density at radius 3 is 2.91 bits per heavy atom. The van der Waals surface area contributed by atoms with Crippen LogP contribution in [0.1, 0.15) is 10.4 Å². The van der Waals surface area contributed by atoms with Gasteiger partial charge in [-0.05, 0) is 36.1 Å². The topological polar surface area (TPSA) is 64.0 Å². The number of para-hydroxylation sites is 1. The first-order valence-electron chi connectivity index (χ1n) is 6.89. The summed E-state index contributed by atoms with van der Waals surface area (Å²) in [6, 6.07) is 9.13. The summed E-state index contributed by atoms with van der Waals surface area (Å²) in [4.78, 5) is 29.6. The third kappa shape index (κ3) is 2.92. The molecule has 0 saturated carbocycles. The molecular weight excluding hydrogens is 298 g/mol. The van der Waals surface area contributed by atoms with E-state index in [0.29, 0.717) is 17.4 Å². The van der Waals surface area contributed by atoms with Crippen LogP contribution in [0.25, 0.3) is 10.9 Å². The van der Waals surface area contributed by atoms with Gasteiger partial charge in [-0.3, -0.25) is 14.2 Å². The van der Waals surface area contributed by atoms with Gasteiger partial charge in [0.2, 0.25) is 5.91 Å². The van der Waals surface area contributed by atoms with E-state index >= 15 is 0 Å². The second-order valence-corrected chi connectivity index (χ2v) is 6.00. The Kier molecular flexibility index (Phi) is 4.02. The second-order valence-electron chi connectivity index (χ2n) is 5.00. The Morgan fingerprint density at radius 1 is 1.32 bits per heavy atom. The van der Waals surface area contributed by atoms with Gasteiger partial charge in [0.15, 0.2) is 0 Å². The second kappa shape index (κ2) is 6.11. The van der Waals surface area contributed by atoms with Crippen molar-refractivity contribution in [2.45, 2.75) is 20.0 Å². The molecule has 0 aliphatic rings. The van der Waals surface area contributed by atoms with Crippen molar-refractivity contribution in [1.82, 2.24) is 14.9 Å². The van der Waals surface area contributed by atoms with Gasteiger partial charge in [0, 0.05) is 4.88 Å². The Morgan fingerprint density at radius 2 is 2.14 bits per heavy atom. The zero-order valence-corrected chi connectivity index (χ0v) is 12.9. The van der Waals surface area contributed by atoms with E-state index in [1.165, 1.54) is 10.9 Å². The van der Waals surface area contributed by atoms with Gasteiger partial charge >= 0.3 is 0 Å². The van der Waals surface area contributed by atoms with E-state index in [1.807, 2.05) is 24.4 Å². The highest BCUT2D eigenvalue weighted by atomic mass is 32.1. The van der Waals surface area contributed by atoms with E-state index in [0.717, 1.165) is 10.4 Å². The predicted octanol–water partition coefficient (Wildman–Crippen LogP) is 2.08. The highest BCUT2D eigenvalue weighted by Gasteiger charge is 2.08. The summed E-state index contributed by atoms with van der Waals surface area (Å²) in [7, 11) is 0. The SMILES string of the molecule is Cc1ccsc1CNC(=O)Cn1cnc2ccccc2c1=O. The average molecular weight is 313 g/mol. The molecule has 0 bridgehead atoms. The van der Waals surface area contributed by atoms with Crippen LogP contribution in [-0.2, 0) is 17.9 Å². The first-order chi connectivity index (χ1) is 10.6. The number of carbonyl (C=O) groups excluding carboxylic acids is 1. The Labute approximate surface area is 131 Å². The molecule has 2 aromatic heterocycles. The van der Waals surface area contributed by atoms with Crippen LogP contribution in [0.3, 0.4) is 0 Å². The molecule has 0 aliphatic carbocycles. The summed E-state index contributed by atoms with van der Waals surface area (Å²) in [5, 5.41) is 5.35. The zero-order chi connectivity index (χ0) is 15.5. The van der Waals surface area contributed by atoms with E-state index in [2.05, 4.69) is 10.3 Å². The number of hydrogen-bond acceptors (Lipinski definition) is 4. The van der Waals surface area contributed by atoms with Crippen molar-refractivity contribution < 1.29 is 4.79 Å². The largest absolute Gasteiger partial charge is 0.350 e. The van der Waals surface area contributed by atoms with Crippen LogP contribution in [-0.4, -0.2) is 15.5 Å². The molecule has 1 amide bonds. The number of rotatable bonds is 4. The minimum atomic E-state index is -0.202. The lowest BCUT2D eigenvalue weighted by atomic mass is 10.2. The number of amides is 1. The molecule has 5 nitrogen and oxygen atoms in total. The van der Waals surface area contributed by atoms with E-state index in [-0.39, 0.29) is 18.0 Å². The monoisotopic (exact) mass is 313 g/mol. The molecule has 112 valence electrons. The molecule has 0 spiro atoms. The summed E-state index contributed by atoms with van der Waals surface area (Å²) in [5.74, 6) is -0.202. The van der Waals surface area contributed by atoms with Crippen molar-refractivity contribution >= 4 is 28.1 Å². The molecule has 1 aromatic carbocycles. The molecule has 6 heteroatoms. The Bertz CT molecular complexity index is 882. The molecule has 0 fully saturated rings. The molecule has 0 radical (unpaired) electrons. The van der Waals surface area contributed by atoms with Crippen LogP contribution in [0.5, 0.6) is 0 Å². The van der Waals surface area contributed by atoms with Crippen LogP contribution in [0, 0.1) is 6.92 Å². The first kappa shape index (κ1) is 14.5. The van der Waals surface area contributed by atoms with Crippen molar-refractivity contribution in [1.29, 1.82) is 0 Å². The van der Waals surface area contributed by atoms with Gasteiger partial charge < -0.3 is 5.32 Å². The number of aryl methyl sites for hydroxylation is 1. The summed E-state index contributed by atoms with van der Waals surface area (Å²) >= 11 is 1.61. The van der Waals surface area contributed by atoms with E-state index in [4.69, 9.17) is 0 Å². The zero-order valence-electron chi connectivity index (χ0n) is 12.1. The van der Waals surface area contributed by atoms with Crippen LogP contribution in [0.4, 0.5) is 0 Å². The molecular formula is C16H15N3O2S. The lowest BCUT2D eigenvalue weighted by Gasteiger charge is -2.07. The van der Waals surface area contributed by atoms with Crippen molar-refractivity contribution in [3.8, 4) is 0 Å². The van der Waals surface area contributed by atoms with E-state index in [1.54, 1.807) is 29.5 Å². The number of thiophene rings is 1. The van der Waals surface area contributed by atoms with Gasteiger partial charge in [0.05, 0.1) is 23.8 Å². The Balaban J connectivity index is 1.73. The van der Waals surface area contributed by atoms with Crippen LogP contribution >= 0.6 is 11.3 Å². The van der Waals surface area contributed by atoms with Crippen LogP contribution in [0.2, 0.25) is 0 Å². The van der Waals surface area contributed by atoms with Crippen LogP contribution < -0.4 is 10.9 Å². The van der Waals surface area contributed by atoms with Crippen molar-refractivity contribution in [3.05, 3.63) is 62.8 Å². The molecule has 3 aromatic rings. The normalized spacial score (nSPS) is 10.8. The van der Waals surface area contributed by atoms with Crippen LogP contribution in [0.15, 0.2) is 46.8 Å². The molecule has 0 aliphatic heterocycles. The molecule has 22 heavy (non-hydrogen) atoms. The highest BCUT2D eigenvalue weighted by Crippen LogP contribution is 2.14. The molecule has 3 rings (SSSR count). The van der Waals surface area contributed by atoms with Gasteiger partial charge in [0.1, 0.15) is 6.54 Å². The average Bonchev–Trinajstić information content (AvgIpc) is 2.93. The number of benzene rings is 1. The number of nitrogens with one attached hydrogen (secondary N) is 1. The highest BCUT2D eigenvalue weighted by molar-refractivity contribution is 7.10. The van der Waals surface area contributed by atoms with E-state index in [9.17, 15) is 9.59 Å². The lowest BCUT2D eigenvalue weighted by molar-refractivity contribution is -0.121. The maximum absolute atomic E-state index is 12.3. The fourth-order valence-corrected chi connectivity index (χ4v) is 3.04. The number of carbonyl (C=O) groups is 1. The maximum atomic E-state index is 12.3. The van der Waals surface area contributed by atoms with Gasteiger partial charge in [-0.1, -0.05) is 12.1 Å². The van der Waals surface area contributed by atoms with Crippen molar-refractivity contribution in [2.75, 3.05) is 0 Å². The summed E-state index contributed by atoms with van der Waals surface area (Å²) in [6.07, 6.45) is 1.42. The van der Waals surface area contributed by atoms with Crippen molar-refractivity contribution in [3.63, 3.8) is 0 Å². The molecule has 0 saturated heterocycles. The minimum absolute atomic E-state index is 0.0267. The smallest absolute Gasteiger partial charge is 0.261 e. The first-order valence-corrected chi connectivity index (χ1v) is 7.77. The van der Waals surface area contributed by atoms with Crippen molar-refractivity contribution in [2.24, 2.45) is 0 Å². The van der Waals surface area contributed by atoms with E-state index < -0.39 is 0 Å². The third-order valence-corrected chi connectivity index (χ3v) is 4.48. The summed E-state index contributed by atoms with van der Waals surface area (Å²) < 4.78 is 1.33. The number of fused-ring (bicyclic) bond motifs is 1. The fraction of sp³-hybridized carbons (Fsp3) is 0.188. The minimum Gasteiger partial charge on any atom is -0.350 e. The maximum Gasteiger partial charge on any atom is 0.261 e. The quantitative estimate of drug-likeness (QED) is 0.802. The van der Waals surface area contributed by atoms with Gasteiger partial charge in [-0.15, -0.1) is 11.3 Å². The molecule has 1 N–H and O–H groups in total.